The van der Waals surface area contributed by atoms with Crippen LogP contribution in [-0.2, 0) is 9.53 Å². The van der Waals surface area contributed by atoms with E-state index >= 15 is 0 Å². The Balaban J connectivity index is 1.49. The number of carbonyl (C=O) groups excluding carboxylic acids is 1. The molecule has 0 radical (unpaired) electrons. The Hall–Kier alpha value is -1.34. The molecule has 1 aliphatic carbocycles. The van der Waals surface area contributed by atoms with Gasteiger partial charge in [-0.15, -0.1) is 0 Å². The Morgan fingerprint density at radius 1 is 1.27 bits per heavy atom. The van der Waals surface area contributed by atoms with Crippen LogP contribution in [0.25, 0.3) is 0 Å². The highest BCUT2D eigenvalue weighted by molar-refractivity contribution is 5.81. The first-order valence-corrected chi connectivity index (χ1v) is 9.94. The highest BCUT2D eigenvalue weighted by Crippen LogP contribution is 2.52. The number of carbonyl (C=O) groups is 1. The maximum absolute atomic E-state index is 11.9. The van der Waals surface area contributed by atoms with E-state index in [0.717, 1.165) is 45.2 Å². The van der Waals surface area contributed by atoms with Crippen molar-refractivity contribution in [1.82, 2.24) is 20.4 Å². The molecule has 3 atom stereocenters. The van der Waals surface area contributed by atoms with Crippen molar-refractivity contribution in [3.05, 3.63) is 0 Å². The predicted octanol–water partition coefficient (Wildman–Crippen LogP) is 0.518. The van der Waals surface area contributed by atoms with E-state index in [-0.39, 0.29) is 17.4 Å². The number of ether oxygens (including phenoxy) is 1. The van der Waals surface area contributed by atoms with E-state index in [1.165, 1.54) is 0 Å². The number of guanidine groups is 1. The van der Waals surface area contributed by atoms with E-state index in [2.05, 4.69) is 39.3 Å². The predicted molar refractivity (Wildman–Crippen MR) is 103 cm³/mol. The molecule has 0 aromatic rings. The maximum atomic E-state index is 11.9. The van der Waals surface area contributed by atoms with Crippen molar-refractivity contribution in [3.63, 3.8) is 0 Å². The van der Waals surface area contributed by atoms with E-state index in [9.17, 15) is 4.79 Å². The summed E-state index contributed by atoms with van der Waals surface area (Å²) in [6.45, 7) is 13.5. The third kappa shape index (κ3) is 3.83. The van der Waals surface area contributed by atoms with E-state index in [1.807, 2.05) is 20.9 Å². The molecule has 2 saturated heterocycles. The first-order chi connectivity index (χ1) is 12.3. The summed E-state index contributed by atoms with van der Waals surface area (Å²) >= 11 is 0. The number of hydrogen-bond donors (Lipinski definition) is 2. The molecule has 3 unspecified atom stereocenters. The number of hydrogen-bond acceptors (Lipinski definition) is 4. The molecule has 0 spiro atoms. The summed E-state index contributed by atoms with van der Waals surface area (Å²) in [5, 5.41) is 6.68. The van der Waals surface area contributed by atoms with Gasteiger partial charge in [-0.3, -0.25) is 14.7 Å². The van der Waals surface area contributed by atoms with Crippen LogP contribution < -0.4 is 10.6 Å². The molecule has 1 saturated carbocycles. The van der Waals surface area contributed by atoms with E-state index in [1.54, 1.807) is 0 Å². The van der Waals surface area contributed by atoms with Gasteiger partial charge >= 0.3 is 0 Å². The first kappa shape index (κ1) is 19.4. The lowest BCUT2D eigenvalue weighted by Crippen LogP contribution is -2.68. The smallest absolute Gasteiger partial charge is 0.234 e. The maximum Gasteiger partial charge on any atom is 0.234 e. The third-order valence-corrected chi connectivity index (χ3v) is 6.09. The van der Waals surface area contributed by atoms with Crippen LogP contribution in [0.4, 0.5) is 0 Å². The van der Waals surface area contributed by atoms with Gasteiger partial charge < -0.3 is 20.3 Å². The normalized spacial score (nSPS) is 31.5. The van der Waals surface area contributed by atoms with Gasteiger partial charge in [0.1, 0.15) is 0 Å². The van der Waals surface area contributed by atoms with Gasteiger partial charge in [0.15, 0.2) is 5.96 Å². The average Bonchev–Trinajstić information content (AvgIpc) is 3.03. The Morgan fingerprint density at radius 2 is 1.96 bits per heavy atom. The minimum atomic E-state index is 0.111. The van der Waals surface area contributed by atoms with Crippen LogP contribution in [0.15, 0.2) is 4.99 Å². The van der Waals surface area contributed by atoms with Crippen molar-refractivity contribution in [3.8, 4) is 0 Å². The number of nitrogens with one attached hydrogen (secondary N) is 2. The van der Waals surface area contributed by atoms with Crippen molar-refractivity contribution in [2.75, 3.05) is 46.4 Å². The zero-order valence-corrected chi connectivity index (χ0v) is 16.9. The summed E-state index contributed by atoms with van der Waals surface area (Å²) in [5.74, 6) is 1.70. The minimum absolute atomic E-state index is 0.111. The number of aliphatic imine (C=N–C) groups is 1. The Labute approximate surface area is 157 Å². The molecule has 1 amide bonds. The third-order valence-electron chi connectivity index (χ3n) is 6.09. The Bertz CT molecular complexity index is 540. The summed E-state index contributed by atoms with van der Waals surface area (Å²) in [5.41, 5.74) is 0.147. The average molecular weight is 366 g/mol. The van der Waals surface area contributed by atoms with Crippen LogP contribution in [0.5, 0.6) is 0 Å². The topological polar surface area (TPSA) is 69.2 Å². The van der Waals surface area contributed by atoms with Gasteiger partial charge in [0.25, 0.3) is 0 Å². The van der Waals surface area contributed by atoms with Crippen molar-refractivity contribution in [1.29, 1.82) is 0 Å². The van der Waals surface area contributed by atoms with Gasteiger partial charge in [-0.05, 0) is 20.3 Å². The molecule has 7 heteroatoms. The molecular weight excluding hydrogens is 330 g/mol. The molecule has 2 heterocycles. The second-order valence-corrected chi connectivity index (χ2v) is 8.72. The zero-order valence-electron chi connectivity index (χ0n) is 16.9. The fraction of sp³-hybridized carbons (Fsp3) is 0.895. The van der Waals surface area contributed by atoms with E-state index in [4.69, 9.17) is 4.74 Å². The second-order valence-electron chi connectivity index (χ2n) is 8.72. The number of amides is 1. The molecule has 0 aromatic carbocycles. The van der Waals surface area contributed by atoms with Gasteiger partial charge in [-0.25, -0.2) is 0 Å². The monoisotopic (exact) mass is 365 g/mol. The first-order valence-electron chi connectivity index (χ1n) is 9.94. The highest BCUT2D eigenvalue weighted by atomic mass is 16.5. The van der Waals surface area contributed by atoms with Gasteiger partial charge in [-0.1, -0.05) is 13.8 Å². The molecule has 3 aliphatic rings. The molecule has 148 valence electrons. The van der Waals surface area contributed by atoms with Crippen molar-refractivity contribution >= 4 is 11.9 Å². The summed E-state index contributed by atoms with van der Waals surface area (Å²) < 4.78 is 5.90. The van der Waals surface area contributed by atoms with Crippen LogP contribution in [0.2, 0.25) is 0 Å². The van der Waals surface area contributed by atoms with Gasteiger partial charge in [0, 0.05) is 63.3 Å². The van der Waals surface area contributed by atoms with Crippen molar-refractivity contribution in [2.45, 2.75) is 52.3 Å². The van der Waals surface area contributed by atoms with E-state index in [0.29, 0.717) is 24.6 Å². The van der Waals surface area contributed by atoms with Gasteiger partial charge in [0.2, 0.25) is 5.91 Å². The van der Waals surface area contributed by atoms with Crippen molar-refractivity contribution in [2.24, 2.45) is 16.3 Å². The zero-order chi connectivity index (χ0) is 18.9. The molecule has 0 bridgehead atoms. The van der Waals surface area contributed by atoms with Gasteiger partial charge in [-0.2, -0.15) is 0 Å². The van der Waals surface area contributed by atoms with Crippen LogP contribution in [0.3, 0.4) is 0 Å². The molecule has 26 heavy (non-hydrogen) atoms. The molecule has 3 fully saturated rings. The van der Waals surface area contributed by atoms with Gasteiger partial charge in [0.05, 0.1) is 12.6 Å². The number of piperazine rings is 1. The van der Waals surface area contributed by atoms with E-state index < -0.39 is 0 Å². The van der Waals surface area contributed by atoms with Crippen LogP contribution in [-0.4, -0.2) is 86.2 Å². The SMILES string of the molecule is CN=C(NC1C2CCOC2C1(C)C)N1CCN(CC(=O)NC(C)C)CC1. The lowest BCUT2D eigenvalue weighted by atomic mass is 9.57. The fourth-order valence-corrected chi connectivity index (χ4v) is 4.74. The molecule has 2 N–H and O–H groups in total. The molecule has 7 nitrogen and oxygen atoms in total. The molecule has 0 aromatic heterocycles. The lowest BCUT2D eigenvalue weighted by Gasteiger charge is -2.55. The fourth-order valence-electron chi connectivity index (χ4n) is 4.74. The minimum Gasteiger partial charge on any atom is -0.377 e. The summed E-state index contributed by atoms with van der Waals surface area (Å²) in [7, 11) is 1.86. The molecule has 3 rings (SSSR count). The second kappa shape index (κ2) is 7.72. The summed E-state index contributed by atoms with van der Waals surface area (Å²) in [6.07, 6.45) is 1.52. The Morgan fingerprint density at radius 3 is 2.58 bits per heavy atom. The largest absolute Gasteiger partial charge is 0.377 e. The van der Waals surface area contributed by atoms with Crippen LogP contribution in [0.1, 0.15) is 34.1 Å². The summed E-state index contributed by atoms with van der Waals surface area (Å²) in [6, 6.07) is 0.615. The molecule has 2 aliphatic heterocycles. The van der Waals surface area contributed by atoms with Crippen LogP contribution >= 0.6 is 0 Å². The summed E-state index contributed by atoms with van der Waals surface area (Å²) in [4.78, 5) is 21.0. The number of nitrogens with zero attached hydrogens (tertiary/aromatic N) is 3. The number of fused-ring (bicyclic) bond motifs is 1. The van der Waals surface area contributed by atoms with Crippen LogP contribution in [0, 0.1) is 11.3 Å². The lowest BCUT2D eigenvalue weighted by molar-refractivity contribution is -0.123. The quantitative estimate of drug-likeness (QED) is 0.561. The Kier molecular flexibility index (Phi) is 5.77. The van der Waals surface area contributed by atoms with Crippen molar-refractivity contribution < 1.29 is 9.53 Å². The molecular formula is C19H35N5O2. The highest BCUT2D eigenvalue weighted by Gasteiger charge is 2.59. The standard InChI is InChI=1S/C19H35N5O2/c1-13(2)21-15(25)12-23-7-9-24(10-8-23)18(20-5)22-16-14-6-11-26-17(14)19(16,3)4/h13-14,16-17H,6-12H2,1-5H3,(H,20,22)(H,21,25). The number of rotatable bonds is 4.